The van der Waals surface area contributed by atoms with Crippen LogP contribution in [0.3, 0.4) is 0 Å². The maximum absolute atomic E-state index is 14.7. The number of amides is 5. The minimum Gasteiger partial charge on any atom is -0.480 e. The molecule has 0 aromatic heterocycles. The van der Waals surface area contributed by atoms with E-state index in [0.717, 1.165) is 5.56 Å². The molecule has 14 N–H and O–H groups in total. The number of benzene rings is 1. The number of nitrogens with two attached hydrogens (primary N) is 3. The first-order chi connectivity index (χ1) is 40.0. The molecule has 2 aliphatic heterocycles. The number of carboxylic acid groups (broad SMARTS) is 4. The Morgan fingerprint density at radius 2 is 1.18 bits per heavy atom. The zero-order valence-electron chi connectivity index (χ0n) is 49.9. The lowest BCUT2D eigenvalue weighted by Crippen LogP contribution is -2.57. The summed E-state index contributed by atoms with van der Waals surface area (Å²) >= 11 is 0. The van der Waals surface area contributed by atoms with E-state index in [4.69, 9.17) is 17.2 Å². The zero-order valence-corrected chi connectivity index (χ0v) is 49.9. The molecule has 2 saturated heterocycles. The molecule has 474 valence electrons. The van der Waals surface area contributed by atoms with E-state index in [1.807, 2.05) is 27.7 Å². The van der Waals surface area contributed by atoms with Gasteiger partial charge in [0, 0.05) is 84.2 Å². The lowest BCUT2D eigenvalue weighted by atomic mass is 9.87. The van der Waals surface area contributed by atoms with E-state index >= 15 is 0 Å². The van der Waals surface area contributed by atoms with Crippen LogP contribution in [0.15, 0.2) is 30.3 Å². The highest BCUT2D eigenvalue weighted by atomic mass is 16.4. The van der Waals surface area contributed by atoms with Gasteiger partial charge in [0.25, 0.3) is 0 Å². The third kappa shape index (κ3) is 26.4. The van der Waals surface area contributed by atoms with Gasteiger partial charge in [-0.2, -0.15) is 0 Å². The summed E-state index contributed by atoms with van der Waals surface area (Å²) in [5, 5.41) is 50.9. The van der Waals surface area contributed by atoms with Crippen LogP contribution in [0.25, 0.3) is 0 Å². The van der Waals surface area contributed by atoms with Gasteiger partial charge in [0.05, 0.1) is 31.7 Å². The van der Waals surface area contributed by atoms with E-state index in [1.54, 1.807) is 49.9 Å². The van der Waals surface area contributed by atoms with Crippen LogP contribution in [0, 0.1) is 17.8 Å². The standard InChI is InChI=1S/C58H98N12O14/c1-5-40(4)52(65-54(79)43(61)33-39(2)3)48(71)35-42(17-9-11-21-59)53(78)63-44(18-10-12-22-60)57(82)70-24-14-20-46(70)56(81)64-45(34-41-15-7-6-8-16-41)55(80)62-23-13-19-47(58(83)84)69-31-29-67(37-50(74)75)27-25-66(36-49(72)73)26-28-68(30-32-69)38-51(76)77/h6-8,15-16,39-40,42-47,52H,5,9-14,17-38,59-61H2,1-4H3,(H,62,80)(H,63,78)(H,64,81)(H,65,79)(H,72,73)(H,74,75)(H,76,77)(H,83,84)/t40-,42+,43-,44-,45?,46-,47?,52-/m0/s1. The molecule has 0 saturated carbocycles. The van der Waals surface area contributed by atoms with Gasteiger partial charge in [-0.05, 0) is 94.7 Å². The minimum absolute atomic E-state index is 0.0102. The molecule has 26 heteroatoms. The second-order valence-electron chi connectivity index (χ2n) is 22.9. The van der Waals surface area contributed by atoms with Crippen molar-refractivity contribution in [2.45, 2.75) is 154 Å². The van der Waals surface area contributed by atoms with Crippen molar-refractivity contribution in [3.63, 3.8) is 0 Å². The fourth-order valence-electron chi connectivity index (χ4n) is 10.8. The maximum atomic E-state index is 14.7. The van der Waals surface area contributed by atoms with E-state index < -0.39 is 95.6 Å². The number of carbonyl (C=O) groups is 10. The average Bonchev–Trinajstić information content (AvgIpc) is 4.10. The van der Waals surface area contributed by atoms with Gasteiger partial charge in [-0.25, -0.2) is 0 Å². The Hall–Kier alpha value is -6.16. The number of hydrogen-bond donors (Lipinski definition) is 11. The lowest BCUT2D eigenvalue weighted by molar-refractivity contribution is -0.145. The van der Waals surface area contributed by atoms with Gasteiger partial charge in [-0.15, -0.1) is 0 Å². The topological polar surface area (TPSA) is 394 Å². The number of unbranched alkanes of at least 4 members (excludes halogenated alkanes) is 2. The van der Waals surface area contributed by atoms with Gasteiger partial charge in [0.15, 0.2) is 5.78 Å². The highest BCUT2D eigenvalue weighted by molar-refractivity contribution is 5.97. The fourth-order valence-corrected chi connectivity index (χ4v) is 10.8. The third-order valence-electron chi connectivity index (χ3n) is 15.7. The number of rotatable bonds is 37. The van der Waals surface area contributed by atoms with Crippen LogP contribution in [0.1, 0.15) is 117 Å². The highest BCUT2D eigenvalue weighted by Crippen LogP contribution is 2.24. The van der Waals surface area contributed by atoms with Crippen molar-refractivity contribution in [3.05, 3.63) is 35.9 Å². The predicted molar refractivity (Wildman–Crippen MR) is 314 cm³/mol. The molecule has 1 aromatic rings. The van der Waals surface area contributed by atoms with E-state index in [9.17, 15) is 68.4 Å². The van der Waals surface area contributed by atoms with Crippen molar-refractivity contribution < 1.29 is 68.4 Å². The van der Waals surface area contributed by atoms with Crippen molar-refractivity contribution in [2.24, 2.45) is 35.0 Å². The Morgan fingerprint density at radius 1 is 0.631 bits per heavy atom. The number of carbonyl (C=O) groups excluding carboxylic acids is 6. The number of aliphatic carboxylic acids is 4. The Morgan fingerprint density at radius 3 is 1.69 bits per heavy atom. The summed E-state index contributed by atoms with van der Waals surface area (Å²) in [6, 6.07) is 2.86. The van der Waals surface area contributed by atoms with Crippen molar-refractivity contribution >= 4 is 59.2 Å². The molecule has 2 unspecified atom stereocenters. The molecule has 0 radical (unpaired) electrons. The minimum atomic E-state index is -1.19. The summed E-state index contributed by atoms with van der Waals surface area (Å²) in [6.07, 6.45) is 4.31. The van der Waals surface area contributed by atoms with Crippen molar-refractivity contribution in [1.29, 1.82) is 0 Å². The van der Waals surface area contributed by atoms with Gasteiger partial charge in [-0.1, -0.05) is 70.9 Å². The van der Waals surface area contributed by atoms with Crippen LogP contribution in [0.5, 0.6) is 0 Å². The highest BCUT2D eigenvalue weighted by Gasteiger charge is 2.40. The van der Waals surface area contributed by atoms with E-state index in [2.05, 4.69) is 21.3 Å². The first-order valence-electron chi connectivity index (χ1n) is 30.0. The van der Waals surface area contributed by atoms with Gasteiger partial charge < -0.3 is 63.8 Å². The molecule has 3 rings (SSSR count). The second kappa shape index (κ2) is 38.7. The maximum Gasteiger partial charge on any atom is 0.320 e. The number of hydrogen-bond acceptors (Lipinski definition) is 17. The van der Waals surface area contributed by atoms with Crippen molar-refractivity contribution in [1.82, 2.24) is 45.8 Å². The fraction of sp³-hybridized carbons (Fsp3) is 0.724. The normalized spacial score (nSPS) is 18.6. The number of carboxylic acids is 4. The summed E-state index contributed by atoms with van der Waals surface area (Å²) in [4.78, 5) is 141. The molecule has 0 bridgehead atoms. The summed E-state index contributed by atoms with van der Waals surface area (Å²) in [7, 11) is 0. The molecule has 84 heavy (non-hydrogen) atoms. The van der Waals surface area contributed by atoms with Crippen LogP contribution in [-0.2, 0) is 54.4 Å². The van der Waals surface area contributed by atoms with E-state index in [-0.39, 0.29) is 148 Å². The first-order valence-corrected chi connectivity index (χ1v) is 30.0. The summed E-state index contributed by atoms with van der Waals surface area (Å²) in [5.41, 5.74) is 18.6. The van der Waals surface area contributed by atoms with Gasteiger partial charge in [-0.3, -0.25) is 67.5 Å². The molecule has 5 amide bonds. The van der Waals surface area contributed by atoms with E-state index in [0.29, 0.717) is 58.0 Å². The molecular weight excluding hydrogens is 1090 g/mol. The van der Waals surface area contributed by atoms with Crippen LogP contribution in [0.4, 0.5) is 0 Å². The molecule has 2 fully saturated rings. The third-order valence-corrected chi connectivity index (χ3v) is 15.7. The van der Waals surface area contributed by atoms with E-state index in [1.165, 1.54) is 4.90 Å². The Kier molecular flexibility index (Phi) is 33.2. The van der Waals surface area contributed by atoms with Crippen LogP contribution in [0.2, 0.25) is 0 Å². The van der Waals surface area contributed by atoms with Gasteiger partial charge in [0.1, 0.15) is 24.2 Å². The van der Waals surface area contributed by atoms with Crippen molar-refractivity contribution in [2.75, 3.05) is 98.2 Å². The monoisotopic (exact) mass is 1190 g/mol. The smallest absolute Gasteiger partial charge is 0.320 e. The second-order valence-corrected chi connectivity index (χ2v) is 22.9. The first kappa shape index (κ1) is 72.1. The summed E-state index contributed by atoms with van der Waals surface area (Å²) in [6.45, 7) is 8.43. The average molecular weight is 1190 g/mol. The largest absolute Gasteiger partial charge is 0.480 e. The van der Waals surface area contributed by atoms with Gasteiger partial charge in [0.2, 0.25) is 29.5 Å². The quantitative estimate of drug-likeness (QED) is 0.0383. The van der Waals surface area contributed by atoms with Crippen LogP contribution >= 0.6 is 0 Å². The number of nitrogens with zero attached hydrogens (tertiary/aromatic N) is 5. The molecule has 0 spiro atoms. The molecule has 26 nitrogen and oxygen atoms in total. The Balaban J connectivity index is 1.82. The van der Waals surface area contributed by atoms with Crippen molar-refractivity contribution in [3.8, 4) is 0 Å². The van der Waals surface area contributed by atoms with Gasteiger partial charge >= 0.3 is 23.9 Å². The molecule has 2 aliphatic rings. The zero-order chi connectivity index (χ0) is 62.3. The molecule has 1 aromatic carbocycles. The SMILES string of the molecule is CC[C@H](C)[C@H](NC(=O)[C@@H](N)CC(C)C)C(=O)C[C@@H](CCCCN)C(=O)N[C@@H](CCCCN)C(=O)N1CCC[C@H]1C(=O)NC(Cc1ccccc1)C(=O)NCCCC(C(=O)O)N1CCN(CC(=O)O)CCN(CC(=O)O)CCN(CC(=O)O)CC1. The summed E-state index contributed by atoms with van der Waals surface area (Å²) < 4.78 is 0. The number of likely N-dealkylation sites (tertiary alicyclic amines) is 1. The number of ketones is 1. The molecule has 2 heterocycles. The molecular formula is C58H98N12O14. The Labute approximate surface area is 494 Å². The number of Topliss-reactive ketones (excluding diaryl/α,β-unsaturated/α-hetero) is 1. The van der Waals surface area contributed by atoms with Crippen LogP contribution < -0.4 is 38.5 Å². The molecule has 0 aliphatic carbocycles. The van der Waals surface area contributed by atoms with Crippen LogP contribution in [-0.4, -0.2) is 239 Å². The lowest BCUT2D eigenvalue weighted by Gasteiger charge is -2.35. The molecule has 8 atom stereocenters. The predicted octanol–water partition coefficient (Wildman–Crippen LogP) is -0.248. The summed E-state index contributed by atoms with van der Waals surface area (Å²) in [5.74, 6) is -8.49. The number of nitrogens with one attached hydrogen (secondary N) is 4. The Bertz CT molecular complexity index is 2230.